The van der Waals surface area contributed by atoms with E-state index in [2.05, 4.69) is 10.3 Å². The molecular formula is C15H19N3O3. The minimum absolute atomic E-state index is 0.0238. The molecule has 0 aliphatic carbocycles. The summed E-state index contributed by atoms with van der Waals surface area (Å²) in [5, 5.41) is 7.89. The minimum Gasteiger partial charge on any atom is -0.361 e. The van der Waals surface area contributed by atoms with Gasteiger partial charge in [-0.05, 0) is 26.7 Å². The molecule has 112 valence electrons. The van der Waals surface area contributed by atoms with Gasteiger partial charge in [0.05, 0.1) is 11.7 Å². The lowest BCUT2D eigenvalue weighted by molar-refractivity contribution is 0.0724. The van der Waals surface area contributed by atoms with Crippen LogP contribution in [0, 0.1) is 13.8 Å². The van der Waals surface area contributed by atoms with Gasteiger partial charge in [-0.25, -0.2) is 0 Å². The highest BCUT2D eigenvalue weighted by Crippen LogP contribution is 2.36. The van der Waals surface area contributed by atoms with Crippen LogP contribution in [0.5, 0.6) is 0 Å². The fourth-order valence-corrected chi connectivity index (χ4v) is 3.03. The molecule has 2 aromatic heterocycles. The third-order valence-corrected chi connectivity index (χ3v) is 4.00. The lowest BCUT2D eigenvalue weighted by Gasteiger charge is -2.24. The molecule has 0 radical (unpaired) electrons. The van der Waals surface area contributed by atoms with Crippen molar-refractivity contribution in [3.8, 4) is 0 Å². The first-order valence-electron chi connectivity index (χ1n) is 7.31. The van der Waals surface area contributed by atoms with Gasteiger partial charge in [0, 0.05) is 24.6 Å². The number of carbonyl (C=O) groups is 1. The smallest absolute Gasteiger partial charge is 0.276 e. The van der Waals surface area contributed by atoms with E-state index in [1.165, 1.54) is 0 Å². The van der Waals surface area contributed by atoms with E-state index in [0.29, 0.717) is 11.5 Å². The van der Waals surface area contributed by atoms with Crippen LogP contribution in [0.2, 0.25) is 0 Å². The van der Waals surface area contributed by atoms with Gasteiger partial charge in [0.25, 0.3) is 5.91 Å². The Morgan fingerprint density at radius 2 is 2.19 bits per heavy atom. The molecule has 0 saturated carbocycles. The number of hydrogen-bond donors (Lipinski definition) is 0. The Hall–Kier alpha value is -2.11. The molecule has 1 unspecified atom stereocenters. The molecule has 0 bridgehead atoms. The zero-order valence-electron chi connectivity index (χ0n) is 12.5. The van der Waals surface area contributed by atoms with Crippen molar-refractivity contribution in [1.29, 1.82) is 0 Å². The molecular weight excluding hydrogens is 270 g/mol. The van der Waals surface area contributed by atoms with Crippen molar-refractivity contribution in [3.63, 3.8) is 0 Å². The van der Waals surface area contributed by atoms with Crippen molar-refractivity contribution in [2.24, 2.45) is 0 Å². The van der Waals surface area contributed by atoms with Crippen LogP contribution in [-0.4, -0.2) is 27.7 Å². The fraction of sp³-hybridized carbons (Fsp3) is 0.533. The molecule has 1 aliphatic rings. The Bertz CT molecular complexity index is 659. The van der Waals surface area contributed by atoms with Gasteiger partial charge in [-0.15, -0.1) is 0 Å². The number of carbonyl (C=O) groups excluding carboxylic acids is 1. The number of nitrogens with zero attached hydrogens (tertiary/aromatic N) is 3. The lowest BCUT2D eigenvalue weighted by Crippen LogP contribution is -2.31. The lowest BCUT2D eigenvalue weighted by atomic mass is 10.0. The standard InChI is InChI=1S/C15H19N3O3/c1-4-13-14(10(3)16-21-13)12-6-5-7-18(12)15(19)11-8-9(2)20-17-11/h8,12H,4-7H2,1-3H3. The highest BCUT2D eigenvalue weighted by Gasteiger charge is 2.35. The summed E-state index contributed by atoms with van der Waals surface area (Å²) in [6.45, 7) is 6.47. The van der Waals surface area contributed by atoms with E-state index in [9.17, 15) is 4.79 Å². The van der Waals surface area contributed by atoms with Crippen molar-refractivity contribution in [3.05, 3.63) is 34.5 Å². The molecule has 1 atom stereocenters. The highest BCUT2D eigenvalue weighted by atomic mass is 16.5. The van der Waals surface area contributed by atoms with E-state index in [-0.39, 0.29) is 11.9 Å². The van der Waals surface area contributed by atoms with Crippen LogP contribution in [-0.2, 0) is 6.42 Å². The summed E-state index contributed by atoms with van der Waals surface area (Å²) in [4.78, 5) is 14.5. The van der Waals surface area contributed by atoms with Crippen LogP contribution >= 0.6 is 0 Å². The average molecular weight is 289 g/mol. The van der Waals surface area contributed by atoms with E-state index in [1.807, 2.05) is 18.7 Å². The second-order valence-electron chi connectivity index (χ2n) is 5.44. The zero-order chi connectivity index (χ0) is 15.0. The third kappa shape index (κ3) is 2.34. The van der Waals surface area contributed by atoms with Crippen LogP contribution in [0.15, 0.2) is 15.1 Å². The second kappa shape index (κ2) is 5.35. The van der Waals surface area contributed by atoms with Gasteiger partial charge in [0.2, 0.25) is 0 Å². The summed E-state index contributed by atoms with van der Waals surface area (Å²) < 4.78 is 10.4. The molecule has 3 rings (SSSR count). The van der Waals surface area contributed by atoms with Gasteiger partial charge in [0.1, 0.15) is 11.5 Å². The quantitative estimate of drug-likeness (QED) is 0.868. The van der Waals surface area contributed by atoms with Crippen LogP contribution in [0.1, 0.15) is 59.1 Å². The van der Waals surface area contributed by atoms with Crippen molar-refractivity contribution in [2.75, 3.05) is 6.54 Å². The molecule has 2 aromatic rings. The van der Waals surface area contributed by atoms with Gasteiger partial charge in [0.15, 0.2) is 5.69 Å². The van der Waals surface area contributed by atoms with Crippen molar-refractivity contribution in [1.82, 2.24) is 15.2 Å². The predicted octanol–water partition coefficient (Wildman–Crippen LogP) is 2.82. The molecule has 1 amide bonds. The van der Waals surface area contributed by atoms with Crippen LogP contribution in [0.3, 0.4) is 0 Å². The number of aryl methyl sites for hydroxylation is 3. The highest BCUT2D eigenvalue weighted by molar-refractivity contribution is 5.92. The molecule has 0 N–H and O–H groups in total. The molecule has 6 nitrogen and oxygen atoms in total. The average Bonchev–Trinajstić information content (AvgIpc) is 3.17. The van der Waals surface area contributed by atoms with Gasteiger partial charge in [-0.2, -0.15) is 0 Å². The first-order valence-corrected chi connectivity index (χ1v) is 7.31. The molecule has 1 aliphatic heterocycles. The van der Waals surface area contributed by atoms with Crippen molar-refractivity contribution >= 4 is 5.91 Å². The van der Waals surface area contributed by atoms with Crippen LogP contribution in [0.4, 0.5) is 0 Å². The van der Waals surface area contributed by atoms with Gasteiger partial charge in [-0.3, -0.25) is 4.79 Å². The van der Waals surface area contributed by atoms with E-state index in [1.54, 1.807) is 13.0 Å². The Morgan fingerprint density at radius 3 is 2.86 bits per heavy atom. The van der Waals surface area contributed by atoms with E-state index >= 15 is 0 Å². The molecule has 0 aromatic carbocycles. The summed E-state index contributed by atoms with van der Waals surface area (Å²) in [5.74, 6) is 1.43. The SMILES string of the molecule is CCc1onc(C)c1C1CCCN1C(=O)c1cc(C)on1. The molecule has 1 fully saturated rings. The van der Waals surface area contributed by atoms with Crippen molar-refractivity contribution < 1.29 is 13.8 Å². The number of hydrogen-bond acceptors (Lipinski definition) is 5. The Balaban J connectivity index is 1.92. The summed E-state index contributed by atoms with van der Waals surface area (Å²) >= 11 is 0. The van der Waals surface area contributed by atoms with E-state index in [0.717, 1.165) is 42.8 Å². The minimum atomic E-state index is -0.0861. The summed E-state index contributed by atoms with van der Waals surface area (Å²) in [5.41, 5.74) is 2.29. The molecule has 0 spiro atoms. The number of aromatic nitrogens is 2. The molecule has 6 heteroatoms. The van der Waals surface area contributed by atoms with Crippen LogP contribution < -0.4 is 0 Å². The summed E-state index contributed by atoms with van der Waals surface area (Å²) in [6, 6.07) is 1.70. The van der Waals surface area contributed by atoms with E-state index in [4.69, 9.17) is 9.05 Å². The number of likely N-dealkylation sites (tertiary alicyclic amines) is 1. The first-order chi connectivity index (χ1) is 10.1. The van der Waals surface area contributed by atoms with Gasteiger partial charge < -0.3 is 13.9 Å². The Labute approximate surface area is 123 Å². The summed E-state index contributed by atoms with van der Waals surface area (Å²) in [7, 11) is 0. The molecule has 3 heterocycles. The maximum Gasteiger partial charge on any atom is 0.276 e. The normalized spacial score (nSPS) is 18.4. The predicted molar refractivity (Wildman–Crippen MR) is 74.9 cm³/mol. The topological polar surface area (TPSA) is 72.4 Å². The second-order valence-corrected chi connectivity index (χ2v) is 5.44. The molecule has 1 saturated heterocycles. The largest absolute Gasteiger partial charge is 0.361 e. The fourth-order valence-electron chi connectivity index (χ4n) is 3.03. The monoisotopic (exact) mass is 289 g/mol. The maximum absolute atomic E-state index is 12.6. The zero-order valence-corrected chi connectivity index (χ0v) is 12.5. The third-order valence-electron chi connectivity index (χ3n) is 4.00. The number of amides is 1. The first kappa shape index (κ1) is 13.9. The Morgan fingerprint density at radius 1 is 1.38 bits per heavy atom. The van der Waals surface area contributed by atoms with Gasteiger partial charge >= 0.3 is 0 Å². The Kier molecular flexibility index (Phi) is 3.53. The van der Waals surface area contributed by atoms with E-state index < -0.39 is 0 Å². The maximum atomic E-state index is 12.6. The molecule has 21 heavy (non-hydrogen) atoms. The van der Waals surface area contributed by atoms with Crippen molar-refractivity contribution in [2.45, 2.75) is 46.1 Å². The number of rotatable bonds is 3. The van der Waals surface area contributed by atoms with Crippen LogP contribution in [0.25, 0.3) is 0 Å². The van der Waals surface area contributed by atoms with Gasteiger partial charge in [-0.1, -0.05) is 17.2 Å². The summed E-state index contributed by atoms with van der Waals surface area (Å²) in [6.07, 6.45) is 2.68.